The zero-order valence-electron chi connectivity index (χ0n) is 14.5. The zero-order chi connectivity index (χ0) is 18.1. The van der Waals surface area contributed by atoms with Crippen LogP contribution in [0.2, 0.25) is 0 Å². The van der Waals surface area contributed by atoms with Crippen molar-refractivity contribution in [2.24, 2.45) is 0 Å². The summed E-state index contributed by atoms with van der Waals surface area (Å²) in [5.41, 5.74) is 1.49. The molecule has 0 aliphatic heterocycles. The second-order valence-electron chi connectivity index (χ2n) is 5.37. The van der Waals surface area contributed by atoms with Crippen molar-refractivity contribution in [1.29, 1.82) is 0 Å². The average Bonchev–Trinajstić information content (AvgIpc) is 3.03. The summed E-state index contributed by atoms with van der Waals surface area (Å²) in [4.78, 5) is 25.1. The van der Waals surface area contributed by atoms with Gasteiger partial charge in [0.1, 0.15) is 5.00 Å². The number of thiophene rings is 1. The summed E-state index contributed by atoms with van der Waals surface area (Å²) < 4.78 is 10.6. The highest BCUT2D eigenvalue weighted by Gasteiger charge is 2.18. The van der Waals surface area contributed by atoms with Crippen LogP contribution in [0, 0.1) is 0 Å². The van der Waals surface area contributed by atoms with Crippen LogP contribution < -0.4 is 5.32 Å². The molecule has 2 aromatic rings. The van der Waals surface area contributed by atoms with Crippen molar-refractivity contribution in [3.05, 3.63) is 52.4 Å². The van der Waals surface area contributed by atoms with Crippen LogP contribution >= 0.6 is 11.3 Å². The lowest BCUT2D eigenvalue weighted by molar-refractivity contribution is -0.117. The summed E-state index contributed by atoms with van der Waals surface area (Å²) in [6.45, 7) is 4.86. The molecule has 5 nitrogen and oxygen atoms in total. The van der Waals surface area contributed by atoms with Gasteiger partial charge in [0, 0.05) is 4.88 Å². The number of anilines is 1. The molecule has 0 radical (unpaired) electrons. The molecule has 1 heterocycles. The first-order valence-corrected chi connectivity index (χ1v) is 9.17. The van der Waals surface area contributed by atoms with Crippen LogP contribution in [0.1, 0.15) is 41.1 Å². The van der Waals surface area contributed by atoms with E-state index < -0.39 is 5.97 Å². The standard InChI is InChI=1S/C19H23NO4S/c1-3-15-12-16(19(22)24-4-2)18(25-15)20-17(21)10-11-23-13-14-8-6-5-7-9-14/h5-9,12H,3-4,10-11,13H2,1-2H3,(H,20,21). The molecule has 6 heteroatoms. The second kappa shape index (κ2) is 9.96. The maximum atomic E-state index is 12.1. The Hall–Kier alpha value is -2.18. The Kier molecular flexibility index (Phi) is 7.63. The van der Waals surface area contributed by atoms with E-state index in [0.717, 1.165) is 16.9 Å². The summed E-state index contributed by atoms with van der Waals surface area (Å²) in [6.07, 6.45) is 1.03. The molecule has 0 atom stereocenters. The minimum absolute atomic E-state index is 0.178. The van der Waals surface area contributed by atoms with Gasteiger partial charge in [-0.3, -0.25) is 4.79 Å². The van der Waals surface area contributed by atoms with E-state index in [9.17, 15) is 9.59 Å². The molecule has 0 spiro atoms. The van der Waals surface area contributed by atoms with Crippen molar-refractivity contribution >= 4 is 28.2 Å². The number of nitrogens with one attached hydrogen (secondary N) is 1. The maximum Gasteiger partial charge on any atom is 0.341 e. The highest BCUT2D eigenvalue weighted by molar-refractivity contribution is 7.16. The van der Waals surface area contributed by atoms with E-state index in [0.29, 0.717) is 30.4 Å². The number of hydrogen-bond donors (Lipinski definition) is 1. The molecule has 0 bridgehead atoms. The van der Waals surface area contributed by atoms with Gasteiger partial charge in [-0.05, 0) is 25.0 Å². The number of hydrogen-bond acceptors (Lipinski definition) is 5. The van der Waals surface area contributed by atoms with Gasteiger partial charge in [-0.15, -0.1) is 11.3 Å². The first-order valence-electron chi connectivity index (χ1n) is 8.35. The SMILES string of the molecule is CCOC(=O)c1cc(CC)sc1NC(=O)CCOCc1ccccc1. The van der Waals surface area contributed by atoms with Gasteiger partial charge in [0.15, 0.2) is 0 Å². The molecule has 2 rings (SSSR count). The molecule has 1 amide bonds. The Morgan fingerprint density at radius 1 is 1.16 bits per heavy atom. The zero-order valence-corrected chi connectivity index (χ0v) is 15.4. The lowest BCUT2D eigenvalue weighted by Gasteiger charge is -2.07. The molecule has 1 N–H and O–H groups in total. The first-order chi connectivity index (χ1) is 12.1. The predicted molar refractivity (Wildman–Crippen MR) is 99.0 cm³/mol. The Balaban J connectivity index is 1.85. The van der Waals surface area contributed by atoms with E-state index in [1.165, 1.54) is 11.3 Å². The van der Waals surface area contributed by atoms with Gasteiger partial charge >= 0.3 is 5.97 Å². The molecule has 1 aromatic carbocycles. The molecule has 0 fully saturated rings. The van der Waals surface area contributed by atoms with Gasteiger partial charge in [0.05, 0.1) is 31.8 Å². The number of carbonyl (C=O) groups is 2. The van der Waals surface area contributed by atoms with Gasteiger partial charge in [-0.25, -0.2) is 4.79 Å². The summed E-state index contributed by atoms with van der Waals surface area (Å²) in [6, 6.07) is 11.6. The van der Waals surface area contributed by atoms with Crippen LogP contribution in [-0.4, -0.2) is 25.1 Å². The highest BCUT2D eigenvalue weighted by Crippen LogP contribution is 2.29. The fourth-order valence-corrected chi connectivity index (χ4v) is 3.19. The summed E-state index contributed by atoms with van der Waals surface area (Å²) >= 11 is 1.40. The maximum absolute atomic E-state index is 12.1. The number of aryl methyl sites for hydroxylation is 1. The lowest BCUT2D eigenvalue weighted by Crippen LogP contribution is -2.15. The number of rotatable bonds is 9. The predicted octanol–water partition coefficient (Wildman–Crippen LogP) is 4.03. The minimum Gasteiger partial charge on any atom is -0.462 e. The number of benzene rings is 1. The van der Waals surface area contributed by atoms with Crippen LogP contribution in [-0.2, 0) is 27.3 Å². The van der Waals surface area contributed by atoms with Crippen LogP contribution in [0.15, 0.2) is 36.4 Å². The number of carbonyl (C=O) groups excluding carboxylic acids is 2. The van der Waals surface area contributed by atoms with E-state index in [4.69, 9.17) is 9.47 Å². The first kappa shape index (κ1) is 19.1. The van der Waals surface area contributed by atoms with E-state index in [1.54, 1.807) is 13.0 Å². The third kappa shape index (κ3) is 5.99. The van der Waals surface area contributed by atoms with Crippen LogP contribution in [0.4, 0.5) is 5.00 Å². The topological polar surface area (TPSA) is 64.6 Å². The number of esters is 1. The van der Waals surface area contributed by atoms with Crippen molar-refractivity contribution in [3.8, 4) is 0 Å². The van der Waals surface area contributed by atoms with Crippen molar-refractivity contribution in [3.63, 3.8) is 0 Å². The lowest BCUT2D eigenvalue weighted by atomic mass is 10.2. The van der Waals surface area contributed by atoms with Gasteiger partial charge in [-0.2, -0.15) is 0 Å². The Labute approximate surface area is 152 Å². The molecule has 134 valence electrons. The third-order valence-electron chi connectivity index (χ3n) is 3.46. The highest BCUT2D eigenvalue weighted by atomic mass is 32.1. The third-order valence-corrected chi connectivity index (χ3v) is 4.66. The van der Waals surface area contributed by atoms with Crippen molar-refractivity contribution in [1.82, 2.24) is 0 Å². The minimum atomic E-state index is -0.408. The summed E-state index contributed by atoms with van der Waals surface area (Å²) in [5, 5.41) is 3.35. The molecule has 25 heavy (non-hydrogen) atoms. The molecular weight excluding hydrogens is 338 g/mol. The monoisotopic (exact) mass is 361 g/mol. The second-order valence-corrected chi connectivity index (χ2v) is 6.50. The Morgan fingerprint density at radius 2 is 1.92 bits per heavy atom. The average molecular weight is 361 g/mol. The normalized spacial score (nSPS) is 10.5. The van der Waals surface area contributed by atoms with E-state index in [1.807, 2.05) is 37.3 Å². The van der Waals surface area contributed by atoms with E-state index in [-0.39, 0.29) is 12.3 Å². The van der Waals surface area contributed by atoms with Gasteiger partial charge in [0.2, 0.25) is 5.91 Å². The number of amides is 1. The smallest absolute Gasteiger partial charge is 0.341 e. The summed E-state index contributed by atoms with van der Waals surface area (Å²) in [7, 11) is 0. The molecule has 0 aliphatic rings. The molecule has 0 saturated heterocycles. The van der Waals surface area contributed by atoms with E-state index >= 15 is 0 Å². The van der Waals surface area contributed by atoms with Crippen LogP contribution in [0.5, 0.6) is 0 Å². The molecule has 0 saturated carbocycles. The Morgan fingerprint density at radius 3 is 2.60 bits per heavy atom. The van der Waals surface area contributed by atoms with Crippen molar-refractivity contribution in [2.75, 3.05) is 18.5 Å². The largest absolute Gasteiger partial charge is 0.462 e. The fourth-order valence-electron chi connectivity index (χ4n) is 2.19. The molecule has 1 aromatic heterocycles. The van der Waals surface area contributed by atoms with Crippen molar-refractivity contribution < 1.29 is 19.1 Å². The molecule has 0 unspecified atom stereocenters. The van der Waals surface area contributed by atoms with Gasteiger partial charge < -0.3 is 14.8 Å². The van der Waals surface area contributed by atoms with Gasteiger partial charge in [0.25, 0.3) is 0 Å². The summed E-state index contributed by atoms with van der Waals surface area (Å²) in [5.74, 6) is -0.586. The van der Waals surface area contributed by atoms with Crippen LogP contribution in [0.25, 0.3) is 0 Å². The van der Waals surface area contributed by atoms with Crippen molar-refractivity contribution in [2.45, 2.75) is 33.3 Å². The molecule has 0 aliphatic carbocycles. The van der Waals surface area contributed by atoms with E-state index in [2.05, 4.69) is 5.32 Å². The molecular formula is C19H23NO4S. The fraction of sp³-hybridized carbons (Fsp3) is 0.368. The quantitative estimate of drug-likeness (QED) is 0.541. The van der Waals surface area contributed by atoms with Crippen LogP contribution in [0.3, 0.4) is 0 Å². The van der Waals surface area contributed by atoms with Gasteiger partial charge in [-0.1, -0.05) is 37.3 Å². The Bertz CT molecular complexity index is 697. The number of ether oxygens (including phenoxy) is 2.